The fourth-order valence-corrected chi connectivity index (χ4v) is 6.86. The number of halogens is 1. The van der Waals surface area contributed by atoms with Gasteiger partial charge in [-0.05, 0) is 61.8 Å². The summed E-state index contributed by atoms with van der Waals surface area (Å²) in [5.74, 6) is 0.499. The van der Waals surface area contributed by atoms with E-state index in [0.717, 1.165) is 56.2 Å². The summed E-state index contributed by atoms with van der Waals surface area (Å²) < 4.78 is 2.16. The third-order valence-electron chi connectivity index (χ3n) is 8.89. The zero-order valence-corrected chi connectivity index (χ0v) is 20.6. The third-order valence-corrected chi connectivity index (χ3v) is 9.14. The zero-order chi connectivity index (χ0) is 24.0. The van der Waals surface area contributed by atoms with Gasteiger partial charge in [0.25, 0.3) is 0 Å². The van der Waals surface area contributed by atoms with Gasteiger partial charge in [0.1, 0.15) is 5.78 Å². The van der Waals surface area contributed by atoms with E-state index < -0.39 is 0 Å². The molecule has 35 heavy (non-hydrogen) atoms. The molecule has 0 radical (unpaired) electrons. The molecule has 1 atom stereocenters. The first-order valence-corrected chi connectivity index (χ1v) is 13.0. The highest BCUT2D eigenvalue weighted by Gasteiger charge is 2.52. The van der Waals surface area contributed by atoms with Crippen molar-refractivity contribution in [3.05, 3.63) is 77.2 Å². The standard InChI is InChI=1S/C29H30ClN3O2/c30-21-8-6-20(7-9-21)17-32-27(35)29-11-3-10-28(12-14-29,13-15-29)26(34)16-24-22-4-1-2-5-23(22)25-18-31-19-33(24)25/h1-2,4-9,18-19,24H,3,10-17H2,(H,32,35). The minimum absolute atomic E-state index is 0.0168. The van der Waals surface area contributed by atoms with Gasteiger partial charge >= 0.3 is 0 Å². The summed E-state index contributed by atoms with van der Waals surface area (Å²) in [5.41, 5.74) is 3.90. The molecule has 5 nitrogen and oxygen atoms in total. The molecule has 6 heteroatoms. The number of fused-ring (bicyclic) bond motifs is 7. The van der Waals surface area contributed by atoms with Gasteiger partial charge in [0.15, 0.2) is 0 Å². The number of imidazole rings is 1. The molecule has 0 saturated heterocycles. The molecule has 0 spiro atoms. The highest BCUT2D eigenvalue weighted by molar-refractivity contribution is 6.30. The van der Waals surface area contributed by atoms with E-state index in [0.29, 0.717) is 23.8 Å². The molecular weight excluding hydrogens is 458 g/mol. The highest BCUT2D eigenvalue weighted by atomic mass is 35.5. The molecule has 3 aromatic rings. The van der Waals surface area contributed by atoms with Gasteiger partial charge in [-0.15, -0.1) is 0 Å². The van der Waals surface area contributed by atoms with Gasteiger partial charge in [-0.3, -0.25) is 9.59 Å². The number of ketones is 1. The largest absolute Gasteiger partial charge is 0.352 e. The maximum atomic E-state index is 13.9. The second-order valence-corrected chi connectivity index (χ2v) is 11.1. The predicted molar refractivity (Wildman–Crippen MR) is 136 cm³/mol. The van der Waals surface area contributed by atoms with Gasteiger partial charge < -0.3 is 9.88 Å². The lowest BCUT2D eigenvalue weighted by atomic mass is 9.62. The average Bonchev–Trinajstić information content (AvgIpc) is 3.34. The molecule has 3 fully saturated rings. The van der Waals surface area contributed by atoms with Crippen LogP contribution in [0.25, 0.3) is 11.3 Å². The molecule has 4 aliphatic rings. The van der Waals surface area contributed by atoms with Crippen LogP contribution >= 0.6 is 11.6 Å². The summed E-state index contributed by atoms with van der Waals surface area (Å²) in [6.07, 6.45) is 10.1. The summed E-state index contributed by atoms with van der Waals surface area (Å²) in [6, 6.07) is 16.0. The van der Waals surface area contributed by atoms with Crippen LogP contribution < -0.4 is 5.32 Å². The van der Waals surface area contributed by atoms with Crippen LogP contribution in [0.5, 0.6) is 0 Å². The number of nitrogens with one attached hydrogen (secondary N) is 1. The number of benzene rings is 2. The Balaban J connectivity index is 1.15. The van der Waals surface area contributed by atoms with Crippen molar-refractivity contribution in [2.75, 3.05) is 0 Å². The number of carbonyl (C=O) groups is 2. The van der Waals surface area contributed by atoms with Crippen molar-refractivity contribution in [2.45, 2.75) is 64.0 Å². The Morgan fingerprint density at radius 3 is 2.49 bits per heavy atom. The smallest absolute Gasteiger partial charge is 0.226 e. The fourth-order valence-electron chi connectivity index (χ4n) is 6.74. The second-order valence-electron chi connectivity index (χ2n) is 10.6. The zero-order valence-electron chi connectivity index (χ0n) is 19.8. The topological polar surface area (TPSA) is 64.0 Å². The minimum atomic E-state index is -0.343. The Kier molecular flexibility index (Phi) is 5.56. The van der Waals surface area contributed by atoms with Gasteiger partial charge in [0.05, 0.1) is 24.3 Å². The lowest BCUT2D eigenvalue weighted by Crippen LogP contribution is -2.45. The number of Topliss-reactive ketones (excluding diaryl/α,β-unsaturated/α-hetero) is 1. The fraction of sp³-hybridized carbons (Fsp3) is 0.414. The molecule has 1 unspecified atom stereocenters. The highest BCUT2D eigenvalue weighted by Crippen LogP contribution is 2.56. The van der Waals surface area contributed by atoms with Crippen molar-refractivity contribution in [2.24, 2.45) is 10.8 Å². The van der Waals surface area contributed by atoms with Crippen LogP contribution in [-0.2, 0) is 16.1 Å². The van der Waals surface area contributed by atoms with Crippen LogP contribution in [0.3, 0.4) is 0 Å². The van der Waals surface area contributed by atoms with Crippen LogP contribution in [0.1, 0.15) is 68.5 Å². The van der Waals surface area contributed by atoms with E-state index in [9.17, 15) is 9.59 Å². The van der Waals surface area contributed by atoms with Crippen molar-refractivity contribution in [3.63, 3.8) is 0 Å². The Morgan fingerprint density at radius 1 is 0.971 bits per heavy atom. The molecule has 1 aliphatic heterocycles. The normalized spacial score (nSPS) is 26.6. The molecule has 2 bridgehead atoms. The summed E-state index contributed by atoms with van der Waals surface area (Å²) >= 11 is 5.98. The first kappa shape index (κ1) is 22.5. The second kappa shape index (κ2) is 8.63. The van der Waals surface area contributed by atoms with E-state index in [1.54, 1.807) is 0 Å². The Hall–Kier alpha value is -2.92. The number of aromatic nitrogens is 2. The quantitative estimate of drug-likeness (QED) is 0.456. The first-order chi connectivity index (χ1) is 17.0. The Morgan fingerprint density at radius 2 is 1.69 bits per heavy atom. The molecule has 3 aliphatic carbocycles. The number of amides is 1. The minimum Gasteiger partial charge on any atom is -0.352 e. The monoisotopic (exact) mass is 487 g/mol. The van der Waals surface area contributed by atoms with Gasteiger partial charge in [0, 0.05) is 34.4 Å². The van der Waals surface area contributed by atoms with Gasteiger partial charge in [0.2, 0.25) is 5.91 Å². The molecule has 1 N–H and O–H groups in total. The van der Waals surface area contributed by atoms with Crippen LogP contribution in [0.2, 0.25) is 5.02 Å². The van der Waals surface area contributed by atoms with E-state index in [4.69, 9.17) is 11.6 Å². The summed E-state index contributed by atoms with van der Waals surface area (Å²) in [6.45, 7) is 0.510. The summed E-state index contributed by atoms with van der Waals surface area (Å²) in [5, 5.41) is 3.87. The third kappa shape index (κ3) is 3.81. The van der Waals surface area contributed by atoms with Gasteiger partial charge in [-0.25, -0.2) is 4.98 Å². The van der Waals surface area contributed by atoms with E-state index in [-0.39, 0.29) is 22.8 Å². The lowest BCUT2D eigenvalue weighted by molar-refractivity contribution is -0.139. The summed E-state index contributed by atoms with van der Waals surface area (Å²) in [4.78, 5) is 31.6. The maximum Gasteiger partial charge on any atom is 0.226 e. The van der Waals surface area contributed by atoms with Gasteiger partial charge in [-0.1, -0.05) is 54.4 Å². The summed E-state index contributed by atoms with van der Waals surface area (Å²) in [7, 11) is 0. The van der Waals surface area contributed by atoms with E-state index in [1.165, 1.54) is 11.1 Å². The number of rotatable bonds is 6. The van der Waals surface area contributed by atoms with Gasteiger partial charge in [-0.2, -0.15) is 0 Å². The molecule has 1 aromatic heterocycles. The molecule has 2 heterocycles. The first-order valence-electron chi connectivity index (χ1n) is 12.7. The van der Waals surface area contributed by atoms with Crippen LogP contribution in [-0.4, -0.2) is 21.2 Å². The molecule has 3 saturated carbocycles. The Bertz CT molecular complexity index is 1270. The van der Waals surface area contributed by atoms with E-state index in [1.807, 2.05) is 42.9 Å². The SMILES string of the molecule is O=C(CC1c2ccccc2-c2cncn21)C12CCCC(C(=O)NCc3ccc(Cl)cc3)(CC1)CC2. The Labute approximate surface area is 210 Å². The van der Waals surface area contributed by atoms with Crippen LogP contribution in [0.4, 0.5) is 0 Å². The number of hydrogen-bond acceptors (Lipinski definition) is 3. The van der Waals surface area contributed by atoms with Crippen LogP contribution in [0, 0.1) is 10.8 Å². The molecule has 1 amide bonds. The number of nitrogens with zero attached hydrogens (tertiary/aromatic N) is 2. The molecule has 7 rings (SSSR count). The number of carbonyl (C=O) groups excluding carboxylic acids is 2. The van der Waals surface area contributed by atoms with Crippen molar-refractivity contribution in [1.82, 2.24) is 14.9 Å². The van der Waals surface area contributed by atoms with Crippen molar-refractivity contribution in [3.8, 4) is 11.3 Å². The average molecular weight is 488 g/mol. The van der Waals surface area contributed by atoms with Crippen molar-refractivity contribution in [1.29, 1.82) is 0 Å². The maximum absolute atomic E-state index is 13.9. The predicted octanol–water partition coefficient (Wildman–Crippen LogP) is 6.11. The van der Waals surface area contributed by atoms with E-state index >= 15 is 0 Å². The van der Waals surface area contributed by atoms with Crippen molar-refractivity contribution < 1.29 is 9.59 Å². The number of hydrogen-bond donors (Lipinski definition) is 1. The van der Waals surface area contributed by atoms with E-state index in [2.05, 4.69) is 33.1 Å². The lowest BCUT2D eigenvalue weighted by Gasteiger charge is -2.41. The molecule has 180 valence electrons. The molecule has 2 aromatic carbocycles. The van der Waals surface area contributed by atoms with Crippen molar-refractivity contribution >= 4 is 23.3 Å². The molecular formula is C29H30ClN3O2. The van der Waals surface area contributed by atoms with Crippen LogP contribution in [0.15, 0.2) is 61.1 Å².